The van der Waals surface area contributed by atoms with E-state index in [1.165, 1.54) is 13.2 Å². The van der Waals surface area contributed by atoms with Gasteiger partial charge in [-0.1, -0.05) is 5.16 Å². The molecule has 27 heavy (non-hydrogen) atoms. The molecule has 0 aliphatic rings. The number of anilines is 3. The molecule has 138 valence electrons. The lowest BCUT2D eigenvalue weighted by molar-refractivity contribution is 0.0600. The number of nitrogens with one attached hydrogen (secondary N) is 2. The molecule has 0 saturated heterocycles. The first-order chi connectivity index (χ1) is 12.9. The van der Waals surface area contributed by atoms with Crippen molar-refractivity contribution in [1.82, 2.24) is 15.1 Å². The van der Waals surface area contributed by atoms with Crippen LogP contribution in [0.2, 0.25) is 0 Å². The van der Waals surface area contributed by atoms with Gasteiger partial charge in [0.1, 0.15) is 23.1 Å². The summed E-state index contributed by atoms with van der Waals surface area (Å²) in [6.45, 7) is 3.45. The molecule has 9 nitrogen and oxygen atoms in total. The van der Waals surface area contributed by atoms with Crippen molar-refractivity contribution >= 4 is 29.2 Å². The summed E-state index contributed by atoms with van der Waals surface area (Å²) in [5.74, 6) is 1.12. The largest absolute Gasteiger partial charge is 0.465 e. The number of methoxy groups -OCH3 is 1. The molecule has 1 amide bonds. The molecule has 3 aromatic rings. The molecular weight excluding hydrogens is 350 g/mol. The Kier molecular flexibility index (Phi) is 5.11. The second kappa shape index (κ2) is 7.65. The first kappa shape index (κ1) is 18.1. The quantitative estimate of drug-likeness (QED) is 0.661. The summed E-state index contributed by atoms with van der Waals surface area (Å²) in [7, 11) is 1.31. The summed E-state index contributed by atoms with van der Waals surface area (Å²) >= 11 is 0. The normalized spacial score (nSPS) is 10.3. The van der Waals surface area contributed by atoms with Gasteiger partial charge in [0, 0.05) is 17.8 Å². The van der Waals surface area contributed by atoms with Crippen LogP contribution in [0, 0.1) is 13.8 Å². The van der Waals surface area contributed by atoms with Crippen molar-refractivity contribution in [1.29, 1.82) is 0 Å². The van der Waals surface area contributed by atoms with E-state index in [9.17, 15) is 9.59 Å². The van der Waals surface area contributed by atoms with Gasteiger partial charge in [0.15, 0.2) is 5.82 Å². The van der Waals surface area contributed by atoms with E-state index in [0.717, 1.165) is 0 Å². The highest BCUT2D eigenvalue weighted by Crippen LogP contribution is 2.17. The summed E-state index contributed by atoms with van der Waals surface area (Å²) in [4.78, 5) is 32.3. The van der Waals surface area contributed by atoms with Crippen LogP contribution in [0.3, 0.4) is 0 Å². The number of benzene rings is 1. The van der Waals surface area contributed by atoms with E-state index in [2.05, 4.69) is 30.5 Å². The van der Waals surface area contributed by atoms with Crippen molar-refractivity contribution in [2.24, 2.45) is 0 Å². The van der Waals surface area contributed by atoms with E-state index in [0.29, 0.717) is 34.5 Å². The number of carbonyl (C=O) groups excluding carboxylic acids is 2. The molecule has 0 aliphatic heterocycles. The number of aryl methyl sites for hydroxylation is 2. The van der Waals surface area contributed by atoms with Crippen LogP contribution in [0.4, 0.5) is 17.3 Å². The van der Waals surface area contributed by atoms with Gasteiger partial charge in [-0.05, 0) is 38.1 Å². The molecule has 0 unspecified atom stereocenters. The van der Waals surface area contributed by atoms with Gasteiger partial charge >= 0.3 is 5.97 Å². The van der Waals surface area contributed by atoms with E-state index >= 15 is 0 Å². The Morgan fingerprint density at radius 3 is 2.41 bits per heavy atom. The molecule has 0 fully saturated rings. The molecule has 0 aliphatic carbocycles. The fourth-order valence-corrected chi connectivity index (χ4v) is 2.31. The number of aromatic nitrogens is 3. The summed E-state index contributed by atoms with van der Waals surface area (Å²) in [5.41, 5.74) is 1.09. The topological polar surface area (TPSA) is 119 Å². The van der Waals surface area contributed by atoms with Gasteiger partial charge in [-0.3, -0.25) is 4.79 Å². The molecule has 1 aromatic carbocycles. The lowest BCUT2D eigenvalue weighted by atomic mass is 10.2. The van der Waals surface area contributed by atoms with Crippen molar-refractivity contribution in [2.75, 3.05) is 17.7 Å². The summed E-state index contributed by atoms with van der Waals surface area (Å²) in [6, 6.07) is 9.55. The van der Waals surface area contributed by atoms with Gasteiger partial charge in [-0.15, -0.1) is 0 Å². The highest BCUT2D eigenvalue weighted by Gasteiger charge is 2.13. The van der Waals surface area contributed by atoms with Gasteiger partial charge in [0.2, 0.25) is 0 Å². The molecule has 0 radical (unpaired) electrons. The monoisotopic (exact) mass is 367 g/mol. The number of hydrogen-bond donors (Lipinski definition) is 2. The zero-order valence-electron chi connectivity index (χ0n) is 14.9. The lowest BCUT2D eigenvalue weighted by Gasteiger charge is -2.08. The number of ether oxygens (including phenoxy) is 1. The fourth-order valence-electron chi connectivity index (χ4n) is 2.31. The highest BCUT2D eigenvalue weighted by atomic mass is 16.5. The van der Waals surface area contributed by atoms with Crippen LogP contribution < -0.4 is 10.6 Å². The van der Waals surface area contributed by atoms with E-state index in [1.54, 1.807) is 44.2 Å². The lowest BCUT2D eigenvalue weighted by Crippen LogP contribution is -2.15. The first-order valence-electron chi connectivity index (χ1n) is 8.00. The molecule has 2 heterocycles. The van der Waals surface area contributed by atoms with E-state index < -0.39 is 11.9 Å². The SMILES string of the molecule is COC(=O)c1ccc(NC(=O)c2cc(Nc3cc(C)on3)nc(C)n2)cc1. The van der Waals surface area contributed by atoms with E-state index in [4.69, 9.17) is 4.52 Å². The molecule has 0 atom stereocenters. The molecule has 9 heteroatoms. The number of rotatable bonds is 5. The molecule has 2 aromatic heterocycles. The predicted octanol–water partition coefficient (Wildman–Crippen LogP) is 2.86. The maximum Gasteiger partial charge on any atom is 0.337 e. The van der Waals surface area contributed by atoms with Crippen molar-refractivity contribution in [2.45, 2.75) is 13.8 Å². The van der Waals surface area contributed by atoms with Crippen LogP contribution in [-0.2, 0) is 4.74 Å². The molecule has 0 bridgehead atoms. The fraction of sp³-hybridized carbons (Fsp3) is 0.167. The number of hydrogen-bond acceptors (Lipinski definition) is 8. The third-order valence-corrected chi connectivity index (χ3v) is 3.52. The Labute approximate surface area is 154 Å². The molecule has 0 saturated carbocycles. The van der Waals surface area contributed by atoms with Gasteiger partial charge in [-0.2, -0.15) is 0 Å². The number of amides is 1. The third-order valence-electron chi connectivity index (χ3n) is 3.52. The highest BCUT2D eigenvalue weighted by molar-refractivity contribution is 6.03. The van der Waals surface area contributed by atoms with Crippen molar-refractivity contribution in [3.63, 3.8) is 0 Å². The molecule has 2 N–H and O–H groups in total. The second-order valence-corrected chi connectivity index (χ2v) is 5.66. The molecule has 3 rings (SSSR count). The van der Waals surface area contributed by atoms with Gasteiger partial charge < -0.3 is 19.9 Å². The smallest absolute Gasteiger partial charge is 0.337 e. The predicted molar refractivity (Wildman–Crippen MR) is 97.0 cm³/mol. The van der Waals surface area contributed by atoms with E-state index in [1.807, 2.05) is 0 Å². The third kappa shape index (κ3) is 4.46. The van der Waals surface area contributed by atoms with Crippen molar-refractivity contribution in [3.05, 3.63) is 59.2 Å². The van der Waals surface area contributed by atoms with Gasteiger partial charge in [0.05, 0.1) is 12.7 Å². The van der Waals surface area contributed by atoms with E-state index in [-0.39, 0.29) is 5.69 Å². The van der Waals surface area contributed by atoms with Gasteiger partial charge in [-0.25, -0.2) is 14.8 Å². The van der Waals surface area contributed by atoms with Gasteiger partial charge in [0.25, 0.3) is 5.91 Å². The Balaban J connectivity index is 1.75. The van der Waals surface area contributed by atoms with Crippen LogP contribution >= 0.6 is 0 Å². The maximum absolute atomic E-state index is 12.5. The van der Waals surface area contributed by atoms with Crippen molar-refractivity contribution < 1.29 is 18.8 Å². The Morgan fingerprint density at radius 1 is 1.04 bits per heavy atom. The zero-order valence-corrected chi connectivity index (χ0v) is 14.9. The van der Waals surface area contributed by atoms with Crippen LogP contribution in [0.15, 0.2) is 40.9 Å². The second-order valence-electron chi connectivity index (χ2n) is 5.66. The number of nitrogens with zero attached hydrogens (tertiary/aromatic N) is 3. The minimum absolute atomic E-state index is 0.183. The standard InChI is InChI=1S/C18H17N5O4/c1-10-8-16(23-27-10)22-15-9-14(19-11(2)20-15)17(24)21-13-6-4-12(5-7-13)18(25)26-3/h4-9H,1-3H3,(H,21,24)(H,19,20,22,23). The average Bonchev–Trinajstić information content (AvgIpc) is 3.05. The minimum atomic E-state index is -0.446. The summed E-state index contributed by atoms with van der Waals surface area (Å²) in [6.07, 6.45) is 0. The average molecular weight is 367 g/mol. The maximum atomic E-state index is 12.5. The van der Waals surface area contributed by atoms with Crippen LogP contribution in [0.5, 0.6) is 0 Å². The summed E-state index contributed by atoms with van der Waals surface area (Å²) < 4.78 is 9.63. The Morgan fingerprint density at radius 2 is 1.78 bits per heavy atom. The van der Waals surface area contributed by atoms with Crippen LogP contribution in [0.25, 0.3) is 0 Å². The number of esters is 1. The first-order valence-corrected chi connectivity index (χ1v) is 8.00. The zero-order chi connectivity index (χ0) is 19.4. The Bertz CT molecular complexity index is 982. The van der Waals surface area contributed by atoms with Crippen molar-refractivity contribution in [3.8, 4) is 0 Å². The van der Waals surface area contributed by atoms with Crippen LogP contribution in [-0.4, -0.2) is 34.1 Å². The molecular formula is C18H17N5O4. The van der Waals surface area contributed by atoms with Crippen LogP contribution in [0.1, 0.15) is 32.4 Å². The molecule has 0 spiro atoms. The Hall–Kier alpha value is -3.75. The summed E-state index contributed by atoms with van der Waals surface area (Å²) in [5, 5.41) is 9.51. The minimum Gasteiger partial charge on any atom is -0.465 e. The number of carbonyl (C=O) groups is 2.